The molecule has 0 aromatic carbocycles. The summed E-state index contributed by atoms with van der Waals surface area (Å²) in [5, 5.41) is 22.4. The van der Waals surface area contributed by atoms with E-state index in [1.165, 1.54) is 5.57 Å². The number of ketones is 1. The van der Waals surface area contributed by atoms with Gasteiger partial charge in [-0.05, 0) is 90.9 Å². The van der Waals surface area contributed by atoms with Gasteiger partial charge >= 0.3 is 0 Å². The van der Waals surface area contributed by atoms with Crippen molar-refractivity contribution in [3.8, 4) is 0 Å². The highest BCUT2D eigenvalue weighted by atomic mass is 16.3. The van der Waals surface area contributed by atoms with Crippen molar-refractivity contribution >= 4 is 5.78 Å². The van der Waals surface area contributed by atoms with Crippen molar-refractivity contribution in [3.05, 3.63) is 34.5 Å². The summed E-state index contributed by atoms with van der Waals surface area (Å²) in [4.78, 5) is 17.8. The van der Waals surface area contributed by atoms with E-state index in [0.717, 1.165) is 44.9 Å². The first-order valence-electron chi connectivity index (χ1n) is 13.0. The SMILES string of the molecule is [C-]#[N+]C1=C(O)[C@@H](C)[C@@H]2CC[C@]3(C)C(=CC(=O)[C@@H]4[C@@H]5CC(C)(C)CC[C@]5(O)CC[C@]43C)[C@@]2(C)C1. The molecule has 0 aliphatic heterocycles. The Morgan fingerprint density at radius 2 is 1.70 bits per heavy atom. The molecular formula is C29H41NO3. The number of aliphatic hydroxyl groups excluding tert-OH is 1. The topological polar surface area (TPSA) is 61.9 Å². The Hall–Kier alpha value is -1.60. The number of rotatable bonds is 0. The predicted octanol–water partition coefficient (Wildman–Crippen LogP) is 6.62. The second kappa shape index (κ2) is 6.75. The second-order valence-corrected chi connectivity index (χ2v) is 13.7. The van der Waals surface area contributed by atoms with E-state index in [1.54, 1.807) is 0 Å². The molecular weight excluding hydrogens is 410 g/mol. The minimum absolute atomic E-state index is 0.0145. The van der Waals surface area contributed by atoms with Gasteiger partial charge in [0, 0.05) is 11.8 Å². The average molecular weight is 452 g/mol. The minimum Gasteiger partial charge on any atom is -0.523 e. The van der Waals surface area contributed by atoms with Crippen LogP contribution < -0.4 is 0 Å². The number of carbonyl (C=O) groups is 1. The highest BCUT2D eigenvalue weighted by Gasteiger charge is 2.68. The zero-order valence-electron chi connectivity index (χ0n) is 21.3. The first kappa shape index (κ1) is 23.2. The molecule has 3 fully saturated rings. The van der Waals surface area contributed by atoms with E-state index in [1.807, 2.05) is 13.0 Å². The molecule has 0 unspecified atom stereocenters. The van der Waals surface area contributed by atoms with E-state index in [4.69, 9.17) is 6.57 Å². The van der Waals surface area contributed by atoms with Crippen molar-refractivity contribution in [2.24, 2.45) is 45.3 Å². The van der Waals surface area contributed by atoms with Crippen LogP contribution in [0.25, 0.3) is 4.85 Å². The monoisotopic (exact) mass is 451 g/mol. The molecule has 0 saturated heterocycles. The van der Waals surface area contributed by atoms with Crippen LogP contribution in [0.5, 0.6) is 0 Å². The van der Waals surface area contributed by atoms with E-state index in [9.17, 15) is 15.0 Å². The van der Waals surface area contributed by atoms with Gasteiger partial charge in [-0.25, -0.2) is 4.85 Å². The van der Waals surface area contributed by atoms with E-state index in [2.05, 4.69) is 39.5 Å². The summed E-state index contributed by atoms with van der Waals surface area (Å²) in [6, 6.07) is 0. The molecule has 5 aliphatic carbocycles. The van der Waals surface area contributed by atoms with E-state index in [-0.39, 0.29) is 56.9 Å². The first-order valence-corrected chi connectivity index (χ1v) is 13.0. The third kappa shape index (κ3) is 2.81. The molecule has 0 aromatic heterocycles. The minimum atomic E-state index is -0.719. The van der Waals surface area contributed by atoms with Crippen molar-refractivity contribution in [1.29, 1.82) is 0 Å². The van der Waals surface area contributed by atoms with Crippen molar-refractivity contribution in [2.75, 3.05) is 0 Å². The standard InChI is InChI=1S/C29H41NO3/c1-17-18-8-9-27(5)22(26(18,4)16-20(30-7)24(17)32)14-21(31)23-19-15-25(2,3)10-12-29(19,33)13-11-28(23,27)6/h14,17-19,23,32-33H,8-13,15-16H2,1-6H3/t17-,18-,19-,23-,26-,27+,28+,29-/m0/s1. The molecule has 5 rings (SSSR count). The van der Waals surface area contributed by atoms with Gasteiger partial charge in [0.25, 0.3) is 0 Å². The molecule has 0 radical (unpaired) electrons. The van der Waals surface area contributed by atoms with Gasteiger partial charge in [0.15, 0.2) is 5.78 Å². The summed E-state index contributed by atoms with van der Waals surface area (Å²) in [5.74, 6) is 0.508. The first-order chi connectivity index (χ1) is 15.2. The van der Waals surface area contributed by atoms with Crippen molar-refractivity contribution in [2.45, 2.75) is 98.5 Å². The molecule has 0 amide bonds. The maximum atomic E-state index is 14.0. The zero-order chi connectivity index (χ0) is 24.2. The fourth-order valence-electron chi connectivity index (χ4n) is 9.47. The third-order valence-electron chi connectivity index (χ3n) is 11.7. The molecule has 3 saturated carbocycles. The summed E-state index contributed by atoms with van der Waals surface area (Å²) < 4.78 is 0. The van der Waals surface area contributed by atoms with Gasteiger partial charge in [-0.1, -0.05) is 47.1 Å². The smallest absolute Gasteiger partial charge is 0.203 e. The maximum absolute atomic E-state index is 14.0. The Labute approximate surface area is 199 Å². The van der Waals surface area contributed by atoms with Crippen LogP contribution >= 0.6 is 0 Å². The van der Waals surface area contributed by atoms with Gasteiger partial charge in [0.1, 0.15) is 0 Å². The van der Waals surface area contributed by atoms with Gasteiger partial charge in [0.2, 0.25) is 5.70 Å². The van der Waals surface area contributed by atoms with Crippen LogP contribution in [0.4, 0.5) is 0 Å². The van der Waals surface area contributed by atoms with Gasteiger partial charge in [-0.3, -0.25) is 4.79 Å². The Bertz CT molecular complexity index is 1020. The third-order valence-corrected chi connectivity index (χ3v) is 11.7. The molecule has 5 aliphatic rings. The Morgan fingerprint density at radius 1 is 1.03 bits per heavy atom. The van der Waals surface area contributed by atoms with Gasteiger partial charge in [-0.15, -0.1) is 0 Å². The number of fused-ring (bicyclic) bond motifs is 7. The summed E-state index contributed by atoms with van der Waals surface area (Å²) in [6.45, 7) is 21.2. The van der Waals surface area contributed by atoms with Crippen LogP contribution in [0.3, 0.4) is 0 Å². The van der Waals surface area contributed by atoms with Crippen LogP contribution in [0, 0.1) is 51.9 Å². The largest absolute Gasteiger partial charge is 0.523 e. The molecule has 4 heteroatoms. The van der Waals surface area contributed by atoms with Crippen molar-refractivity contribution < 1.29 is 15.0 Å². The molecule has 4 nitrogen and oxygen atoms in total. The highest BCUT2D eigenvalue weighted by molar-refractivity contribution is 5.95. The number of nitrogens with zero attached hydrogens (tertiary/aromatic N) is 1. The Kier molecular flexibility index (Phi) is 4.74. The molecule has 2 N–H and O–H groups in total. The van der Waals surface area contributed by atoms with Crippen LogP contribution in [0.15, 0.2) is 23.1 Å². The van der Waals surface area contributed by atoms with Crippen molar-refractivity contribution in [3.63, 3.8) is 0 Å². The fraction of sp³-hybridized carbons (Fsp3) is 0.793. The average Bonchev–Trinajstić information content (AvgIpc) is 2.74. The molecule has 0 heterocycles. The molecule has 0 spiro atoms. The van der Waals surface area contributed by atoms with Crippen LogP contribution in [0.2, 0.25) is 0 Å². The van der Waals surface area contributed by atoms with Gasteiger partial charge in [-0.2, -0.15) is 0 Å². The van der Waals surface area contributed by atoms with Crippen LogP contribution in [-0.2, 0) is 4.79 Å². The summed E-state index contributed by atoms with van der Waals surface area (Å²) in [6.07, 6.45) is 8.85. The van der Waals surface area contributed by atoms with Crippen LogP contribution in [-0.4, -0.2) is 21.6 Å². The lowest BCUT2D eigenvalue weighted by Crippen LogP contribution is -2.65. The maximum Gasteiger partial charge on any atom is 0.203 e. The summed E-state index contributed by atoms with van der Waals surface area (Å²) >= 11 is 0. The van der Waals surface area contributed by atoms with E-state index < -0.39 is 5.60 Å². The summed E-state index contributed by atoms with van der Waals surface area (Å²) in [7, 11) is 0. The quantitative estimate of drug-likeness (QED) is 0.407. The van der Waals surface area contributed by atoms with Crippen LogP contribution in [0.1, 0.15) is 92.9 Å². The van der Waals surface area contributed by atoms with Gasteiger partial charge in [0.05, 0.1) is 17.9 Å². The number of carbonyl (C=O) groups excluding carboxylic acids is 1. The molecule has 180 valence electrons. The molecule has 8 atom stereocenters. The molecule has 33 heavy (non-hydrogen) atoms. The normalized spacial score (nSPS) is 50.8. The number of hydrogen-bond donors (Lipinski definition) is 2. The van der Waals surface area contributed by atoms with E-state index >= 15 is 0 Å². The lowest BCUT2D eigenvalue weighted by Gasteiger charge is -2.68. The Balaban J connectivity index is 1.65. The summed E-state index contributed by atoms with van der Waals surface area (Å²) in [5.41, 5.74) is 0.492. The molecule has 0 bridgehead atoms. The zero-order valence-corrected chi connectivity index (χ0v) is 21.3. The fourth-order valence-corrected chi connectivity index (χ4v) is 9.47. The lowest BCUT2D eigenvalue weighted by atomic mass is 9.36. The lowest BCUT2D eigenvalue weighted by molar-refractivity contribution is -0.195. The number of hydrogen-bond acceptors (Lipinski definition) is 3. The van der Waals surface area contributed by atoms with Gasteiger partial charge < -0.3 is 10.2 Å². The molecule has 0 aromatic rings. The van der Waals surface area contributed by atoms with E-state index in [0.29, 0.717) is 12.1 Å². The second-order valence-electron chi connectivity index (χ2n) is 13.7. The Morgan fingerprint density at radius 3 is 2.36 bits per heavy atom. The predicted molar refractivity (Wildman–Crippen MR) is 129 cm³/mol. The highest BCUT2D eigenvalue weighted by Crippen LogP contribution is 2.73. The number of aliphatic hydroxyl groups is 2. The van der Waals surface area contributed by atoms with Crippen molar-refractivity contribution in [1.82, 2.24) is 0 Å². The number of allylic oxidation sites excluding steroid dienone is 4.